The average Bonchev–Trinajstić information content (AvgIpc) is 2.49. The highest BCUT2D eigenvalue weighted by atomic mass is 32.9. The van der Waals surface area contributed by atoms with Gasteiger partial charge in [0.25, 0.3) is 0 Å². The third-order valence-corrected chi connectivity index (χ3v) is 5.30. The van der Waals surface area contributed by atoms with Gasteiger partial charge in [-0.15, -0.1) is 0 Å². The molecule has 10 heteroatoms. The number of esters is 2. The smallest absolute Gasteiger partial charge is 0.306 e. The van der Waals surface area contributed by atoms with E-state index >= 15 is 0 Å². The molecule has 0 saturated heterocycles. The molecule has 7 nitrogen and oxygen atoms in total. The molecule has 2 unspecified atom stereocenters. The van der Waals surface area contributed by atoms with E-state index in [1.54, 1.807) is 0 Å². The summed E-state index contributed by atoms with van der Waals surface area (Å²) in [5.74, 6) is -0.725. The van der Waals surface area contributed by atoms with Crippen LogP contribution < -0.4 is 0 Å². The molecule has 0 radical (unpaired) electrons. The van der Waals surface area contributed by atoms with Gasteiger partial charge in [-0.1, -0.05) is 25.7 Å². The highest BCUT2D eigenvalue weighted by Gasteiger charge is 2.19. The van der Waals surface area contributed by atoms with Gasteiger partial charge in [0.2, 0.25) is 0 Å². The Morgan fingerprint density at radius 2 is 1.62 bits per heavy atom. The Labute approximate surface area is 167 Å². The van der Waals surface area contributed by atoms with E-state index in [9.17, 15) is 9.59 Å². The first-order valence-corrected chi connectivity index (χ1v) is 12.4. The van der Waals surface area contributed by atoms with E-state index in [0.29, 0.717) is 25.9 Å². The number of hydrogen-bond acceptors (Lipinski definition) is 8. The Morgan fingerprint density at radius 1 is 1.04 bits per heavy atom. The van der Waals surface area contributed by atoms with E-state index in [1.807, 2.05) is 35.0 Å². The van der Waals surface area contributed by atoms with Crippen molar-refractivity contribution >= 4 is 41.7 Å². The van der Waals surface area contributed by atoms with Crippen molar-refractivity contribution in [1.82, 2.24) is 0 Å². The summed E-state index contributed by atoms with van der Waals surface area (Å²) in [6.07, 6.45) is 1.19. The van der Waals surface area contributed by atoms with Crippen molar-refractivity contribution in [3.8, 4) is 0 Å². The molecule has 0 spiro atoms. The van der Waals surface area contributed by atoms with Crippen LogP contribution in [-0.4, -0.2) is 70.0 Å². The number of likely N-dealkylation sites (N-methyl/N-ethyl adjacent to an activating group) is 1. The van der Waals surface area contributed by atoms with Gasteiger partial charge in [-0.3, -0.25) is 9.59 Å². The Kier molecular flexibility index (Phi) is 13.0. The molecule has 0 bridgehead atoms. The normalized spacial score (nSPS) is 15.2. The SMILES string of the molecule is CCCC(=O)OCC(COP(=S)([S-])OCC[N+](C)(C)C)OC(=O)CCC. The van der Waals surface area contributed by atoms with Crippen LogP contribution >= 0.6 is 5.69 Å². The lowest BCUT2D eigenvalue weighted by Gasteiger charge is -2.32. The van der Waals surface area contributed by atoms with Gasteiger partial charge in [0.1, 0.15) is 19.8 Å². The van der Waals surface area contributed by atoms with Gasteiger partial charge in [0.15, 0.2) is 6.10 Å². The number of rotatable bonds is 14. The second kappa shape index (κ2) is 13.1. The largest absolute Gasteiger partial charge is 0.691 e. The molecule has 0 fully saturated rings. The Morgan fingerprint density at radius 3 is 2.15 bits per heavy atom. The lowest BCUT2D eigenvalue weighted by molar-refractivity contribution is -0.870. The molecule has 0 aliphatic rings. The second-order valence-electron chi connectivity index (χ2n) is 6.89. The molecular formula is C16H32NO6PS2. The summed E-state index contributed by atoms with van der Waals surface area (Å²) in [7, 11) is 6.10. The van der Waals surface area contributed by atoms with Crippen LogP contribution in [0.4, 0.5) is 0 Å². The van der Waals surface area contributed by atoms with Gasteiger partial charge in [-0.2, -0.15) is 0 Å². The van der Waals surface area contributed by atoms with Crippen LogP contribution in [0.3, 0.4) is 0 Å². The van der Waals surface area contributed by atoms with Crippen LogP contribution in [0.2, 0.25) is 0 Å². The van der Waals surface area contributed by atoms with E-state index in [0.717, 1.165) is 11.0 Å². The minimum atomic E-state index is -2.88. The third kappa shape index (κ3) is 14.9. The first-order chi connectivity index (χ1) is 12.0. The zero-order valence-electron chi connectivity index (χ0n) is 16.4. The number of ether oxygens (including phenoxy) is 2. The standard InChI is InChI=1S/C16H32NO6PS2/c1-6-8-15(18)20-12-14(23-16(19)9-7-2)13-22-24(25,26)21-11-10-17(3,4)5/h14H,6-13H2,1-5H3. The summed E-state index contributed by atoms with van der Waals surface area (Å²) in [6.45, 7) is 4.73. The van der Waals surface area contributed by atoms with Crippen LogP contribution in [0.25, 0.3) is 0 Å². The number of carbonyl (C=O) groups excluding carboxylic acids is 2. The van der Waals surface area contributed by atoms with Gasteiger partial charge >= 0.3 is 11.9 Å². The van der Waals surface area contributed by atoms with Crippen LogP contribution in [-0.2, 0) is 52.2 Å². The monoisotopic (exact) mass is 429 g/mol. The predicted molar refractivity (Wildman–Crippen MR) is 107 cm³/mol. The van der Waals surface area contributed by atoms with E-state index < -0.39 is 11.8 Å². The zero-order chi connectivity index (χ0) is 20.2. The fourth-order valence-corrected chi connectivity index (χ4v) is 3.21. The minimum absolute atomic E-state index is 0.0555. The molecule has 2 atom stereocenters. The third-order valence-electron chi connectivity index (χ3n) is 3.07. The maximum absolute atomic E-state index is 11.7. The lowest BCUT2D eigenvalue weighted by Crippen LogP contribution is -2.37. The van der Waals surface area contributed by atoms with E-state index in [2.05, 4.69) is 0 Å². The summed E-state index contributed by atoms with van der Waals surface area (Å²) in [5, 5.41) is 0. The van der Waals surface area contributed by atoms with Crippen LogP contribution in [0.5, 0.6) is 0 Å². The molecule has 0 rings (SSSR count). The topological polar surface area (TPSA) is 71.1 Å². The van der Waals surface area contributed by atoms with Gasteiger partial charge in [0, 0.05) is 12.8 Å². The molecule has 0 heterocycles. The minimum Gasteiger partial charge on any atom is -0.691 e. The Balaban J connectivity index is 4.55. The van der Waals surface area contributed by atoms with E-state index in [1.165, 1.54) is 0 Å². The molecule has 0 aromatic carbocycles. The Hall–Kier alpha value is -0.180. The van der Waals surface area contributed by atoms with Gasteiger partial charge < -0.3 is 35.3 Å². The van der Waals surface area contributed by atoms with E-state index in [4.69, 9.17) is 42.6 Å². The zero-order valence-corrected chi connectivity index (χ0v) is 18.9. The fourth-order valence-electron chi connectivity index (χ4n) is 1.67. The molecule has 0 aromatic heterocycles. The summed E-state index contributed by atoms with van der Waals surface area (Å²) in [6, 6.07) is 0. The van der Waals surface area contributed by atoms with Gasteiger partial charge in [0.05, 0.1) is 33.4 Å². The molecule has 154 valence electrons. The first kappa shape index (κ1) is 25.8. The van der Waals surface area contributed by atoms with Crippen molar-refractivity contribution < 1.29 is 32.6 Å². The van der Waals surface area contributed by atoms with Crippen molar-refractivity contribution in [2.45, 2.75) is 45.6 Å². The number of hydrogen-bond donors (Lipinski definition) is 0. The molecule has 0 aliphatic carbocycles. The summed E-state index contributed by atoms with van der Waals surface area (Å²) in [5.41, 5.74) is -2.88. The summed E-state index contributed by atoms with van der Waals surface area (Å²) in [4.78, 5) is 23.3. The van der Waals surface area contributed by atoms with Crippen molar-refractivity contribution in [1.29, 1.82) is 0 Å². The van der Waals surface area contributed by atoms with Crippen molar-refractivity contribution in [2.75, 3.05) is 47.5 Å². The number of quaternary nitrogens is 1. The molecule has 0 aromatic rings. The summed E-state index contributed by atoms with van der Waals surface area (Å²) >= 11 is 10.4. The number of carbonyl (C=O) groups is 2. The average molecular weight is 430 g/mol. The van der Waals surface area contributed by atoms with Crippen molar-refractivity contribution in [3.05, 3.63) is 0 Å². The highest BCUT2D eigenvalue weighted by molar-refractivity contribution is 8.51. The van der Waals surface area contributed by atoms with Crippen molar-refractivity contribution in [2.24, 2.45) is 0 Å². The van der Waals surface area contributed by atoms with Crippen LogP contribution in [0.1, 0.15) is 39.5 Å². The van der Waals surface area contributed by atoms with Crippen LogP contribution in [0.15, 0.2) is 0 Å². The maximum Gasteiger partial charge on any atom is 0.306 e. The van der Waals surface area contributed by atoms with Crippen molar-refractivity contribution in [3.63, 3.8) is 0 Å². The molecule has 0 aliphatic heterocycles. The molecule has 26 heavy (non-hydrogen) atoms. The second-order valence-corrected chi connectivity index (χ2v) is 11.9. The Bertz CT molecular complexity index is 484. The molecule has 0 saturated carbocycles. The predicted octanol–water partition coefficient (Wildman–Crippen LogP) is 2.55. The fraction of sp³-hybridized carbons (Fsp3) is 0.875. The summed E-state index contributed by atoms with van der Waals surface area (Å²) < 4.78 is 22.2. The van der Waals surface area contributed by atoms with E-state index in [-0.39, 0.29) is 31.6 Å². The van der Waals surface area contributed by atoms with Gasteiger partial charge in [-0.25, -0.2) is 0 Å². The molecule has 0 amide bonds. The quantitative estimate of drug-likeness (QED) is 0.181. The molecular weight excluding hydrogens is 397 g/mol. The van der Waals surface area contributed by atoms with Gasteiger partial charge in [-0.05, 0) is 12.8 Å². The van der Waals surface area contributed by atoms with Crippen LogP contribution in [0, 0.1) is 0 Å². The maximum atomic E-state index is 11.7. The number of nitrogens with zero attached hydrogens (tertiary/aromatic N) is 1. The lowest BCUT2D eigenvalue weighted by atomic mass is 10.3. The molecule has 0 N–H and O–H groups in total. The highest BCUT2D eigenvalue weighted by Crippen LogP contribution is 2.46. The first-order valence-electron chi connectivity index (χ1n) is 8.74.